The third-order valence-corrected chi connectivity index (χ3v) is 7.07. The molecule has 1 aliphatic rings. The zero-order chi connectivity index (χ0) is 27.4. The Morgan fingerprint density at radius 3 is 2.18 bits per heavy atom. The molecule has 2 heterocycles. The number of methoxy groups -OCH3 is 2. The lowest BCUT2D eigenvalue weighted by molar-refractivity contribution is -0.138. The second kappa shape index (κ2) is 11.4. The molecular formula is C28H28N2O7S. The van der Waals surface area contributed by atoms with E-state index in [9.17, 15) is 14.4 Å². The van der Waals surface area contributed by atoms with E-state index in [-0.39, 0.29) is 34.8 Å². The highest BCUT2D eigenvalue weighted by Gasteiger charge is 2.40. The Balaban J connectivity index is 2.11. The van der Waals surface area contributed by atoms with Crippen molar-refractivity contribution in [2.24, 2.45) is 5.73 Å². The van der Waals surface area contributed by atoms with Crippen LogP contribution in [0.5, 0.6) is 11.5 Å². The molecule has 0 amide bonds. The molecule has 198 valence electrons. The molecule has 3 aromatic rings. The predicted octanol–water partition coefficient (Wildman–Crippen LogP) is 1.96. The summed E-state index contributed by atoms with van der Waals surface area (Å²) in [6.07, 6.45) is 1.68. The van der Waals surface area contributed by atoms with Gasteiger partial charge >= 0.3 is 11.9 Å². The lowest BCUT2D eigenvalue weighted by Gasteiger charge is -2.27. The second-order valence-corrected chi connectivity index (χ2v) is 9.23. The van der Waals surface area contributed by atoms with Gasteiger partial charge in [0.25, 0.3) is 5.56 Å². The molecule has 0 unspecified atom stereocenters. The van der Waals surface area contributed by atoms with Crippen molar-refractivity contribution in [2.45, 2.75) is 19.8 Å². The molecule has 0 spiro atoms. The molecule has 0 saturated heterocycles. The highest BCUT2D eigenvalue weighted by Crippen LogP contribution is 2.38. The van der Waals surface area contributed by atoms with Crippen molar-refractivity contribution in [3.05, 3.63) is 84.8 Å². The first-order chi connectivity index (χ1) is 18.3. The van der Waals surface area contributed by atoms with Crippen molar-refractivity contribution in [3.63, 3.8) is 0 Å². The summed E-state index contributed by atoms with van der Waals surface area (Å²) >= 11 is 1.09. The van der Waals surface area contributed by atoms with Crippen LogP contribution in [0.2, 0.25) is 0 Å². The number of fused-ring (bicyclic) bond motifs is 1. The summed E-state index contributed by atoms with van der Waals surface area (Å²) < 4.78 is 23.2. The lowest BCUT2D eigenvalue weighted by Crippen LogP contribution is -2.42. The summed E-state index contributed by atoms with van der Waals surface area (Å²) in [5.74, 6) is -1.31. The maximum atomic E-state index is 13.6. The number of hydrogen-bond acceptors (Lipinski definition) is 9. The van der Waals surface area contributed by atoms with E-state index >= 15 is 0 Å². The number of thiazole rings is 1. The number of rotatable bonds is 8. The standard InChI is InChI=1S/C28H28N2O7S/c1-5-36-27(32)22-21(17-10-8-12-19(15-17)35-4)23(28(33)37-6-2)26-30(24(22)29)25(31)20(38-26)14-16-9-7-11-18(13-16)34-3/h7-15,21H,5-6,29H2,1-4H3/b20-14-/t21-/m1/s1. The van der Waals surface area contributed by atoms with E-state index in [2.05, 4.69) is 0 Å². The third-order valence-electron chi connectivity index (χ3n) is 5.96. The number of esters is 2. The molecule has 10 heteroatoms. The molecule has 0 bridgehead atoms. The first-order valence-electron chi connectivity index (χ1n) is 11.9. The molecule has 2 aromatic carbocycles. The van der Waals surface area contributed by atoms with Crippen molar-refractivity contribution in [1.82, 2.24) is 4.57 Å². The Bertz CT molecular complexity index is 1600. The topological polar surface area (TPSA) is 119 Å². The molecule has 1 atom stereocenters. The third kappa shape index (κ3) is 4.95. The maximum absolute atomic E-state index is 13.6. The molecule has 9 nitrogen and oxygen atoms in total. The molecule has 0 fully saturated rings. The van der Waals surface area contributed by atoms with Gasteiger partial charge in [-0.1, -0.05) is 24.3 Å². The molecule has 4 rings (SSSR count). The van der Waals surface area contributed by atoms with E-state index in [1.54, 1.807) is 69.5 Å². The number of aromatic nitrogens is 1. The molecule has 1 aromatic heterocycles. The van der Waals surface area contributed by atoms with Gasteiger partial charge in [-0.3, -0.25) is 9.36 Å². The summed E-state index contributed by atoms with van der Waals surface area (Å²) in [4.78, 5) is 40.4. The fraction of sp³-hybridized carbons (Fsp3) is 0.250. The number of carbonyl (C=O) groups excluding carboxylic acids is 2. The summed E-state index contributed by atoms with van der Waals surface area (Å²) in [6, 6.07) is 14.2. The number of carbonyl (C=O) groups is 2. The van der Waals surface area contributed by atoms with Gasteiger partial charge in [-0.15, -0.1) is 11.3 Å². The van der Waals surface area contributed by atoms with E-state index in [4.69, 9.17) is 24.7 Å². The number of nitrogens with zero attached hydrogens (tertiary/aromatic N) is 1. The summed E-state index contributed by atoms with van der Waals surface area (Å²) in [7, 11) is 3.07. The minimum absolute atomic E-state index is 0.0245. The van der Waals surface area contributed by atoms with Gasteiger partial charge in [-0.25, -0.2) is 9.59 Å². The molecule has 0 radical (unpaired) electrons. The SMILES string of the molecule is CCOC(=O)C1=C(N)n2c(s/c(=C\c3cccc(OC)c3)c2=O)=C(C(=O)OCC)[C@@H]1c1cccc(OC)c1. The maximum Gasteiger partial charge on any atom is 0.338 e. The van der Waals surface area contributed by atoms with Gasteiger partial charge < -0.3 is 24.7 Å². The number of ether oxygens (including phenoxy) is 4. The zero-order valence-corrected chi connectivity index (χ0v) is 22.3. The van der Waals surface area contributed by atoms with Crippen LogP contribution >= 0.6 is 11.3 Å². The molecule has 1 aliphatic heterocycles. The van der Waals surface area contributed by atoms with Crippen molar-refractivity contribution < 1.29 is 28.5 Å². The molecule has 38 heavy (non-hydrogen) atoms. The molecule has 0 saturated carbocycles. The van der Waals surface area contributed by atoms with Crippen LogP contribution in [0.4, 0.5) is 0 Å². The van der Waals surface area contributed by atoms with Crippen molar-refractivity contribution in [3.8, 4) is 11.5 Å². The van der Waals surface area contributed by atoms with Gasteiger partial charge in [0.2, 0.25) is 0 Å². The Labute approximate surface area is 223 Å². The van der Waals surface area contributed by atoms with E-state index in [0.29, 0.717) is 21.6 Å². The molecule has 0 aliphatic carbocycles. The predicted molar refractivity (Wildman–Crippen MR) is 144 cm³/mol. The van der Waals surface area contributed by atoms with E-state index in [0.717, 1.165) is 16.9 Å². The Morgan fingerprint density at radius 2 is 1.55 bits per heavy atom. The normalized spacial score (nSPS) is 15.2. The van der Waals surface area contributed by atoms with Crippen molar-refractivity contribution >= 4 is 40.7 Å². The van der Waals surface area contributed by atoms with Crippen LogP contribution in [-0.2, 0) is 19.1 Å². The van der Waals surface area contributed by atoms with E-state index in [1.807, 2.05) is 6.07 Å². The minimum Gasteiger partial charge on any atom is -0.497 e. The summed E-state index contributed by atoms with van der Waals surface area (Å²) in [5, 5.41) is 0. The Hall–Kier alpha value is -4.31. The van der Waals surface area contributed by atoms with Gasteiger partial charge in [-0.2, -0.15) is 0 Å². The van der Waals surface area contributed by atoms with Gasteiger partial charge in [0.15, 0.2) is 0 Å². The van der Waals surface area contributed by atoms with Gasteiger partial charge in [0.1, 0.15) is 22.0 Å². The van der Waals surface area contributed by atoms with Crippen LogP contribution in [0.3, 0.4) is 0 Å². The number of nitrogens with two attached hydrogens (primary N) is 1. The molecular weight excluding hydrogens is 508 g/mol. The quantitative estimate of drug-likeness (QED) is 0.434. The zero-order valence-electron chi connectivity index (χ0n) is 21.5. The smallest absolute Gasteiger partial charge is 0.338 e. The Morgan fingerprint density at radius 1 is 0.947 bits per heavy atom. The summed E-state index contributed by atoms with van der Waals surface area (Å²) in [6.45, 7) is 3.52. The van der Waals surface area contributed by atoms with Crippen LogP contribution in [-0.4, -0.2) is 43.9 Å². The highest BCUT2D eigenvalue weighted by atomic mass is 32.1. The highest BCUT2D eigenvalue weighted by molar-refractivity contribution is 7.07. The van der Waals surface area contributed by atoms with Gasteiger partial charge in [-0.05, 0) is 55.3 Å². The van der Waals surface area contributed by atoms with Crippen molar-refractivity contribution in [1.29, 1.82) is 0 Å². The fourth-order valence-corrected chi connectivity index (χ4v) is 5.47. The lowest BCUT2D eigenvalue weighted by atomic mass is 9.83. The van der Waals surface area contributed by atoms with Crippen molar-refractivity contribution in [2.75, 3.05) is 27.4 Å². The average molecular weight is 537 g/mol. The Kier molecular flexibility index (Phi) is 8.02. The van der Waals surface area contributed by atoms with Crippen LogP contribution in [0, 0.1) is 0 Å². The number of benzene rings is 2. The van der Waals surface area contributed by atoms with E-state index < -0.39 is 23.4 Å². The van der Waals surface area contributed by atoms with E-state index in [1.165, 1.54) is 11.7 Å². The fourth-order valence-electron chi connectivity index (χ4n) is 4.30. The van der Waals surface area contributed by atoms with Crippen LogP contribution < -0.4 is 30.0 Å². The molecule has 2 N–H and O–H groups in total. The van der Waals surface area contributed by atoms with Crippen LogP contribution in [0.25, 0.3) is 17.5 Å². The second-order valence-electron chi connectivity index (χ2n) is 8.20. The van der Waals surface area contributed by atoms with Crippen LogP contribution in [0.1, 0.15) is 30.9 Å². The van der Waals surface area contributed by atoms with Gasteiger partial charge in [0.05, 0.1) is 49.0 Å². The first-order valence-corrected chi connectivity index (χ1v) is 12.8. The summed E-state index contributed by atoms with van der Waals surface area (Å²) in [5.41, 5.74) is 7.42. The average Bonchev–Trinajstić information content (AvgIpc) is 3.24. The monoisotopic (exact) mass is 536 g/mol. The van der Waals surface area contributed by atoms with Crippen LogP contribution in [0.15, 0.2) is 58.9 Å². The van der Waals surface area contributed by atoms with Gasteiger partial charge in [0, 0.05) is 0 Å². The first kappa shape index (κ1) is 26.7. The number of hydrogen-bond donors (Lipinski definition) is 1. The minimum atomic E-state index is -0.953. The largest absolute Gasteiger partial charge is 0.497 e.